The van der Waals surface area contributed by atoms with Crippen molar-refractivity contribution < 1.29 is 14.2 Å². The average Bonchev–Trinajstić information content (AvgIpc) is 3.17. The van der Waals surface area contributed by atoms with Crippen LogP contribution < -0.4 is 14.2 Å². The Morgan fingerprint density at radius 3 is 2.22 bits per heavy atom. The molecule has 2 heterocycles. The van der Waals surface area contributed by atoms with E-state index < -0.39 is 0 Å². The molecule has 0 saturated heterocycles. The van der Waals surface area contributed by atoms with Gasteiger partial charge in [-0.1, -0.05) is 0 Å². The average molecular weight is 362 g/mol. The lowest BCUT2D eigenvalue weighted by molar-refractivity contribution is 0.355. The molecule has 2 aromatic heterocycles. The third kappa shape index (κ3) is 3.03. The van der Waals surface area contributed by atoms with Gasteiger partial charge in [0.2, 0.25) is 0 Å². The Morgan fingerprint density at radius 2 is 1.52 bits per heavy atom. The molecule has 27 heavy (non-hydrogen) atoms. The van der Waals surface area contributed by atoms with E-state index in [4.69, 9.17) is 14.2 Å². The highest BCUT2D eigenvalue weighted by atomic mass is 16.5. The Labute approximate surface area is 156 Å². The van der Waals surface area contributed by atoms with Crippen LogP contribution in [-0.4, -0.2) is 40.9 Å². The molecule has 0 fully saturated rings. The van der Waals surface area contributed by atoms with Crippen LogP contribution in [-0.2, 0) is 0 Å². The maximum atomic E-state index is 5.41. The third-order valence-electron chi connectivity index (χ3n) is 4.27. The van der Waals surface area contributed by atoms with Gasteiger partial charge in [-0.05, 0) is 48.5 Å². The highest BCUT2D eigenvalue weighted by Gasteiger charge is 2.13. The summed E-state index contributed by atoms with van der Waals surface area (Å²) in [6.45, 7) is 0. The van der Waals surface area contributed by atoms with Crippen LogP contribution in [0.2, 0.25) is 0 Å². The summed E-state index contributed by atoms with van der Waals surface area (Å²) in [5.41, 5.74) is 2.67. The first-order chi connectivity index (χ1) is 13.2. The lowest BCUT2D eigenvalue weighted by atomic mass is 10.1. The summed E-state index contributed by atoms with van der Waals surface area (Å²) in [6, 6.07) is 15.2. The molecule has 0 bridgehead atoms. The van der Waals surface area contributed by atoms with Crippen LogP contribution in [0.4, 0.5) is 0 Å². The second-order valence-corrected chi connectivity index (χ2v) is 5.78. The second kappa shape index (κ2) is 6.95. The fraction of sp³-hybridized carbons (Fsp3) is 0.150. The van der Waals surface area contributed by atoms with Gasteiger partial charge in [-0.25, -0.2) is 4.98 Å². The Kier molecular flexibility index (Phi) is 4.33. The van der Waals surface area contributed by atoms with Gasteiger partial charge in [0.15, 0.2) is 17.3 Å². The van der Waals surface area contributed by atoms with Gasteiger partial charge in [0.05, 0.1) is 27.0 Å². The molecule has 0 aliphatic carbocycles. The minimum Gasteiger partial charge on any atom is -0.497 e. The summed E-state index contributed by atoms with van der Waals surface area (Å²) in [4.78, 5) is 8.88. The molecule has 0 saturated carbocycles. The van der Waals surface area contributed by atoms with E-state index in [2.05, 4.69) is 15.1 Å². The zero-order valence-electron chi connectivity index (χ0n) is 15.2. The highest BCUT2D eigenvalue weighted by Crippen LogP contribution is 2.32. The summed E-state index contributed by atoms with van der Waals surface area (Å²) in [6.07, 6.45) is 1.72. The molecule has 0 unspecified atom stereocenters. The number of fused-ring (bicyclic) bond motifs is 1. The molecule has 2 aromatic carbocycles. The summed E-state index contributed by atoms with van der Waals surface area (Å²) in [5, 5.41) is 4.64. The zero-order valence-corrected chi connectivity index (χ0v) is 15.2. The lowest BCUT2D eigenvalue weighted by Gasteiger charge is -2.10. The number of hydrogen-bond acceptors (Lipinski definition) is 6. The van der Waals surface area contributed by atoms with E-state index in [0.29, 0.717) is 23.1 Å². The van der Waals surface area contributed by atoms with Crippen molar-refractivity contribution in [1.82, 2.24) is 19.6 Å². The van der Waals surface area contributed by atoms with Crippen molar-refractivity contribution in [1.29, 1.82) is 0 Å². The van der Waals surface area contributed by atoms with E-state index in [0.717, 1.165) is 22.6 Å². The van der Waals surface area contributed by atoms with Crippen LogP contribution in [0.25, 0.3) is 28.4 Å². The van der Waals surface area contributed by atoms with Crippen LogP contribution in [0.1, 0.15) is 0 Å². The summed E-state index contributed by atoms with van der Waals surface area (Å²) < 4.78 is 17.6. The Morgan fingerprint density at radius 1 is 0.778 bits per heavy atom. The smallest absolute Gasteiger partial charge is 0.253 e. The van der Waals surface area contributed by atoms with E-state index in [1.807, 2.05) is 48.5 Å². The number of ether oxygens (including phenoxy) is 3. The van der Waals surface area contributed by atoms with Crippen molar-refractivity contribution in [3.05, 3.63) is 54.7 Å². The van der Waals surface area contributed by atoms with E-state index in [9.17, 15) is 0 Å². The minimum absolute atomic E-state index is 0.521. The van der Waals surface area contributed by atoms with E-state index in [1.54, 1.807) is 32.0 Å². The van der Waals surface area contributed by atoms with Gasteiger partial charge in [0.1, 0.15) is 5.75 Å². The van der Waals surface area contributed by atoms with E-state index >= 15 is 0 Å². The lowest BCUT2D eigenvalue weighted by Crippen LogP contribution is -1.97. The van der Waals surface area contributed by atoms with Gasteiger partial charge in [-0.15, -0.1) is 5.10 Å². The zero-order chi connectivity index (χ0) is 18.8. The van der Waals surface area contributed by atoms with Crippen molar-refractivity contribution in [2.75, 3.05) is 21.3 Å². The summed E-state index contributed by atoms with van der Waals surface area (Å²) in [7, 11) is 4.86. The van der Waals surface area contributed by atoms with Gasteiger partial charge >= 0.3 is 0 Å². The van der Waals surface area contributed by atoms with Crippen molar-refractivity contribution in [3.8, 4) is 39.9 Å². The SMILES string of the molecule is COc1ccc(-c2nc3nccc(-c4ccc(OC)c(OC)c4)n3n2)cc1. The summed E-state index contributed by atoms with van der Waals surface area (Å²) in [5.74, 6) is 3.22. The third-order valence-corrected chi connectivity index (χ3v) is 4.27. The molecule has 7 heteroatoms. The predicted molar refractivity (Wildman–Crippen MR) is 101 cm³/mol. The maximum Gasteiger partial charge on any atom is 0.253 e. The monoisotopic (exact) mass is 362 g/mol. The van der Waals surface area contributed by atoms with Crippen molar-refractivity contribution >= 4 is 5.78 Å². The molecule has 136 valence electrons. The molecule has 0 radical (unpaired) electrons. The fourth-order valence-corrected chi connectivity index (χ4v) is 2.87. The summed E-state index contributed by atoms with van der Waals surface area (Å²) >= 11 is 0. The van der Waals surface area contributed by atoms with Crippen molar-refractivity contribution in [3.63, 3.8) is 0 Å². The van der Waals surface area contributed by atoms with Crippen molar-refractivity contribution in [2.45, 2.75) is 0 Å². The fourth-order valence-electron chi connectivity index (χ4n) is 2.87. The molecule has 4 rings (SSSR count). The number of aromatic nitrogens is 4. The van der Waals surface area contributed by atoms with Crippen LogP contribution in [0.3, 0.4) is 0 Å². The largest absolute Gasteiger partial charge is 0.497 e. The molecule has 0 atom stereocenters. The van der Waals surface area contributed by atoms with Gasteiger partial charge in [-0.2, -0.15) is 9.50 Å². The Hall–Kier alpha value is -3.61. The number of hydrogen-bond donors (Lipinski definition) is 0. The quantitative estimate of drug-likeness (QED) is 0.541. The Bertz CT molecular complexity index is 1090. The number of methoxy groups -OCH3 is 3. The molecule has 0 aliphatic heterocycles. The first-order valence-electron chi connectivity index (χ1n) is 8.32. The molecule has 0 N–H and O–H groups in total. The first kappa shape index (κ1) is 16.8. The standard InChI is InChI=1S/C20H18N4O3/c1-25-15-7-4-13(5-8-15)19-22-20-21-11-10-16(24(20)23-19)14-6-9-17(26-2)18(12-14)27-3/h4-12H,1-3H3. The van der Waals surface area contributed by atoms with Gasteiger partial charge in [-0.3, -0.25) is 0 Å². The van der Waals surface area contributed by atoms with Gasteiger partial charge in [0, 0.05) is 17.3 Å². The number of benzene rings is 2. The second-order valence-electron chi connectivity index (χ2n) is 5.78. The van der Waals surface area contributed by atoms with Crippen molar-refractivity contribution in [2.24, 2.45) is 0 Å². The first-order valence-corrected chi connectivity index (χ1v) is 8.32. The predicted octanol–water partition coefficient (Wildman–Crippen LogP) is 3.48. The molecule has 0 spiro atoms. The Balaban J connectivity index is 1.81. The van der Waals surface area contributed by atoms with Crippen LogP contribution >= 0.6 is 0 Å². The molecule has 7 nitrogen and oxygen atoms in total. The number of rotatable bonds is 5. The molecule has 0 amide bonds. The topological polar surface area (TPSA) is 70.8 Å². The molecular formula is C20H18N4O3. The van der Waals surface area contributed by atoms with Gasteiger partial charge in [0.25, 0.3) is 5.78 Å². The highest BCUT2D eigenvalue weighted by molar-refractivity contribution is 5.67. The molecule has 4 aromatic rings. The van der Waals surface area contributed by atoms with E-state index in [1.165, 1.54) is 0 Å². The van der Waals surface area contributed by atoms with E-state index in [-0.39, 0.29) is 0 Å². The minimum atomic E-state index is 0.521. The van der Waals surface area contributed by atoms with Crippen LogP contribution in [0, 0.1) is 0 Å². The maximum absolute atomic E-state index is 5.41. The van der Waals surface area contributed by atoms with Crippen LogP contribution in [0.5, 0.6) is 17.2 Å². The number of nitrogens with zero attached hydrogens (tertiary/aromatic N) is 4. The molecular weight excluding hydrogens is 344 g/mol. The molecule has 0 aliphatic rings. The van der Waals surface area contributed by atoms with Gasteiger partial charge < -0.3 is 14.2 Å². The van der Waals surface area contributed by atoms with Crippen LogP contribution in [0.15, 0.2) is 54.7 Å². The normalized spacial score (nSPS) is 10.8.